The summed E-state index contributed by atoms with van der Waals surface area (Å²) < 4.78 is 2.10. The number of nitrogens with one attached hydrogen (secondary N) is 1. The molecule has 1 aliphatic heterocycles. The van der Waals surface area contributed by atoms with Crippen LogP contribution in [0.3, 0.4) is 0 Å². The van der Waals surface area contributed by atoms with Gasteiger partial charge in [0.05, 0.1) is 6.54 Å². The molecule has 20 heavy (non-hydrogen) atoms. The van der Waals surface area contributed by atoms with E-state index in [1.165, 1.54) is 0 Å². The van der Waals surface area contributed by atoms with E-state index >= 15 is 0 Å². The third-order valence-electron chi connectivity index (χ3n) is 3.77. The van der Waals surface area contributed by atoms with Gasteiger partial charge in [-0.15, -0.1) is 0 Å². The molecule has 104 valence electrons. The van der Waals surface area contributed by atoms with Gasteiger partial charge in [-0.2, -0.15) is 0 Å². The van der Waals surface area contributed by atoms with Gasteiger partial charge in [0.25, 0.3) is 5.91 Å². The molecule has 2 heterocycles. The van der Waals surface area contributed by atoms with Crippen molar-refractivity contribution in [3.8, 4) is 0 Å². The second-order valence-corrected chi connectivity index (χ2v) is 5.04. The maximum atomic E-state index is 12.6. The van der Waals surface area contributed by atoms with Crippen molar-refractivity contribution in [3.63, 3.8) is 0 Å². The Bertz CT molecular complexity index is 647. The van der Waals surface area contributed by atoms with Crippen LogP contribution in [0.4, 0.5) is 5.69 Å². The number of aromatic nitrogens is 2. The molecule has 1 aromatic carbocycles. The molecule has 0 saturated carbocycles. The van der Waals surface area contributed by atoms with Crippen molar-refractivity contribution >= 4 is 11.6 Å². The average Bonchev–Trinajstić information content (AvgIpc) is 2.93. The summed E-state index contributed by atoms with van der Waals surface area (Å²) >= 11 is 0. The van der Waals surface area contributed by atoms with E-state index in [9.17, 15) is 4.79 Å². The van der Waals surface area contributed by atoms with E-state index in [4.69, 9.17) is 0 Å². The third kappa shape index (κ3) is 2.15. The normalized spacial score (nSPS) is 14.0. The summed E-state index contributed by atoms with van der Waals surface area (Å²) in [5, 5.41) is 3.11. The number of carbonyl (C=O) groups is 1. The first-order chi connectivity index (χ1) is 9.69. The topological polar surface area (TPSA) is 50.2 Å². The van der Waals surface area contributed by atoms with Gasteiger partial charge in [0, 0.05) is 43.8 Å². The fourth-order valence-electron chi connectivity index (χ4n) is 2.61. The standard InChI is InChI=1S/C15H18N4O/c1-11-9-12(3-4-13(11)16-2)15(20)19-8-7-18-6-5-17-14(18)10-19/h3-6,9,16H,7-8,10H2,1-2H3. The molecule has 5 heteroatoms. The van der Waals surface area contributed by atoms with E-state index in [-0.39, 0.29) is 5.91 Å². The minimum Gasteiger partial charge on any atom is -0.388 e. The van der Waals surface area contributed by atoms with Crippen molar-refractivity contribution in [1.82, 2.24) is 14.5 Å². The number of hydrogen-bond donors (Lipinski definition) is 1. The highest BCUT2D eigenvalue weighted by Gasteiger charge is 2.22. The zero-order valence-electron chi connectivity index (χ0n) is 11.8. The van der Waals surface area contributed by atoms with E-state index in [0.29, 0.717) is 6.54 Å². The highest BCUT2D eigenvalue weighted by Crippen LogP contribution is 2.19. The number of fused-ring (bicyclic) bond motifs is 1. The van der Waals surface area contributed by atoms with Gasteiger partial charge < -0.3 is 14.8 Å². The molecular formula is C15H18N4O. The van der Waals surface area contributed by atoms with Gasteiger partial charge in [-0.25, -0.2) is 4.98 Å². The van der Waals surface area contributed by atoms with Crippen molar-refractivity contribution < 1.29 is 4.79 Å². The molecular weight excluding hydrogens is 252 g/mol. The van der Waals surface area contributed by atoms with Gasteiger partial charge in [0.15, 0.2) is 0 Å². The van der Waals surface area contributed by atoms with Gasteiger partial charge >= 0.3 is 0 Å². The highest BCUT2D eigenvalue weighted by molar-refractivity contribution is 5.95. The summed E-state index contributed by atoms with van der Waals surface area (Å²) in [7, 11) is 1.88. The molecule has 3 rings (SSSR count). The molecule has 0 radical (unpaired) electrons. The van der Waals surface area contributed by atoms with Crippen LogP contribution in [0.15, 0.2) is 30.6 Å². The molecule has 1 N–H and O–H groups in total. The quantitative estimate of drug-likeness (QED) is 0.906. The first kappa shape index (κ1) is 12.7. The van der Waals surface area contributed by atoms with Crippen LogP contribution in [0.1, 0.15) is 21.7 Å². The predicted molar refractivity (Wildman–Crippen MR) is 77.7 cm³/mol. The third-order valence-corrected chi connectivity index (χ3v) is 3.77. The molecule has 0 atom stereocenters. The molecule has 0 bridgehead atoms. The lowest BCUT2D eigenvalue weighted by Gasteiger charge is -2.28. The Balaban J connectivity index is 1.81. The summed E-state index contributed by atoms with van der Waals surface area (Å²) in [4.78, 5) is 18.7. The lowest BCUT2D eigenvalue weighted by Crippen LogP contribution is -2.38. The number of anilines is 1. The zero-order valence-corrected chi connectivity index (χ0v) is 11.8. The van der Waals surface area contributed by atoms with Crippen LogP contribution in [0.2, 0.25) is 0 Å². The number of rotatable bonds is 2. The molecule has 0 saturated heterocycles. The van der Waals surface area contributed by atoms with Crippen molar-refractivity contribution in [2.75, 3.05) is 18.9 Å². The van der Waals surface area contributed by atoms with Crippen LogP contribution in [0, 0.1) is 6.92 Å². The molecule has 2 aromatic rings. The Kier molecular flexibility index (Phi) is 3.18. The number of amides is 1. The van der Waals surface area contributed by atoms with Gasteiger partial charge in [-0.05, 0) is 30.7 Å². The predicted octanol–water partition coefficient (Wildman–Crippen LogP) is 1.89. The Morgan fingerprint density at radius 2 is 2.20 bits per heavy atom. The SMILES string of the molecule is CNc1ccc(C(=O)N2CCn3ccnc3C2)cc1C. The number of hydrogen-bond acceptors (Lipinski definition) is 3. The minimum absolute atomic E-state index is 0.0741. The fourth-order valence-corrected chi connectivity index (χ4v) is 2.61. The fraction of sp³-hybridized carbons (Fsp3) is 0.333. The molecule has 1 aliphatic rings. The van der Waals surface area contributed by atoms with Crippen molar-refractivity contribution in [1.29, 1.82) is 0 Å². The van der Waals surface area contributed by atoms with Crippen molar-refractivity contribution in [3.05, 3.63) is 47.5 Å². The number of aryl methyl sites for hydroxylation is 1. The summed E-state index contributed by atoms with van der Waals surface area (Å²) in [5.74, 6) is 1.03. The minimum atomic E-state index is 0.0741. The van der Waals surface area contributed by atoms with E-state index in [2.05, 4.69) is 14.9 Å². The number of imidazole rings is 1. The van der Waals surface area contributed by atoms with Crippen LogP contribution in [0.5, 0.6) is 0 Å². The second-order valence-electron chi connectivity index (χ2n) is 5.04. The Labute approximate surface area is 118 Å². The van der Waals surface area contributed by atoms with E-state index < -0.39 is 0 Å². The van der Waals surface area contributed by atoms with E-state index in [1.54, 1.807) is 6.20 Å². The van der Waals surface area contributed by atoms with E-state index in [0.717, 1.165) is 35.7 Å². The molecule has 0 spiro atoms. The smallest absolute Gasteiger partial charge is 0.254 e. The lowest BCUT2D eigenvalue weighted by molar-refractivity contribution is 0.0707. The van der Waals surface area contributed by atoms with Gasteiger partial charge in [0.1, 0.15) is 5.82 Å². The first-order valence-corrected chi connectivity index (χ1v) is 6.76. The molecule has 0 aliphatic carbocycles. The van der Waals surface area contributed by atoms with Gasteiger partial charge in [0.2, 0.25) is 0 Å². The Morgan fingerprint density at radius 1 is 1.35 bits per heavy atom. The first-order valence-electron chi connectivity index (χ1n) is 6.76. The summed E-state index contributed by atoms with van der Waals surface area (Å²) in [6.45, 7) is 4.13. The Morgan fingerprint density at radius 3 is 2.95 bits per heavy atom. The number of benzene rings is 1. The zero-order chi connectivity index (χ0) is 14.1. The lowest BCUT2D eigenvalue weighted by atomic mass is 10.1. The molecule has 1 aromatic heterocycles. The molecule has 0 unspecified atom stereocenters. The monoisotopic (exact) mass is 270 g/mol. The summed E-state index contributed by atoms with van der Waals surface area (Å²) in [6.07, 6.45) is 3.75. The van der Waals surface area contributed by atoms with Crippen LogP contribution in [0.25, 0.3) is 0 Å². The second kappa shape index (κ2) is 5.00. The number of carbonyl (C=O) groups excluding carboxylic acids is 1. The summed E-state index contributed by atoms with van der Waals surface area (Å²) in [5.41, 5.74) is 2.87. The average molecular weight is 270 g/mol. The molecule has 1 amide bonds. The maximum Gasteiger partial charge on any atom is 0.254 e. The summed E-state index contributed by atoms with van der Waals surface area (Å²) in [6, 6.07) is 5.77. The number of nitrogens with zero attached hydrogens (tertiary/aromatic N) is 3. The van der Waals surface area contributed by atoms with Crippen LogP contribution >= 0.6 is 0 Å². The van der Waals surface area contributed by atoms with E-state index in [1.807, 2.05) is 43.3 Å². The van der Waals surface area contributed by atoms with Crippen molar-refractivity contribution in [2.45, 2.75) is 20.0 Å². The van der Waals surface area contributed by atoms with Crippen LogP contribution in [-0.2, 0) is 13.1 Å². The molecule has 5 nitrogen and oxygen atoms in total. The van der Waals surface area contributed by atoms with Gasteiger partial charge in [-0.3, -0.25) is 4.79 Å². The van der Waals surface area contributed by atoms with Crippen LogP contribution in [-0.4, -0.2) is 34.0 Å². The van der Waals surface area contributed by atoms with Crippen molar-refractivity contribution in [2.24, 2.45) is 0 Å². The van der Waals surface area contributed by atoms with Gasteiger partial charge in [-0.1, -0.05) is 0 Å². The maximum absolute atomic E-state index is 12.6. The highest BCUT2D eigenvalue weighted by atomic mass is 16.2. The largest absolute Gasteiger partial charge is 0.388 e. The Hall–Kier alpha value is -2.30. The van der Waals surface area contributed by atoms with Crippen LogP contribution < -0.4 is 5.32 Å². The molecule has 0 fully saturated rings.